The summed E-state index contributed by atoms with van der Waals surface area (Å²) in [7, 11) is 0. The number of aryl methyl sites for hydroxylation is 1. The molecule has 1 heterocycles. The third-order valence-corrected chi connectivity index (χ3v) is 2.84. The van der Waals surface area contributed by atoms with Gasteiger partial charge in [0.2, 0.25) is 0 Å². The van der Waals surface area contributed by atoms with E-state index >= 15 is 0 Å². The molecule has 0 aromatic carbocycles. The molecule has 0 spiro atoms. The first-order valence-electron chi connectivity index (χ1n) is 5.77. The van der Waals surface area contributed by atoms with Gasteiger partial charge in [-0.15, -0.1) is 5.10 Å². The maximum absolute atomic E-state index is 8.74. The number of hydrogen-bond acceptors (Lipinski definition) is 4. The topological polar surface area (TPSA) is 74.7 Å². The van der Waals surface area contributed by atoms with E-state index in [-0.39, 0.29) is 6.61 Å². The van der Waals surface area contributed by atoms with Gasteiger partial charge in [-0.1, -0.05) is 5.21 Å². The second kappa shape index (κ2) is 5.08. The smallest absolute Gasteiger partial charge is 0.100 e. The van der Waals surface area contributed by atoms with Gasteiger partial charge in [-0.05, 0) is 25.7 Å². The normalized spacial score (nSPS) is 15.0. The lowest BCUT2D eigenvalue weighted by molar-refractivity contribution is 0.279. The molecule has 5 heteroatoms. The van der Waals surface area contributed by atoms with E-state index < -0.39 is 0 Å². The van der Waals surface area contributed by atoms with Gasteiger partial charge in [0.25, 0.3) is 0 Å². The SMILES string of the molecule is N#CCc1nnn(CCCCO)c1C1CC1. The van der Waals surface area contributed by atoms with E-state index in [1.54, 1.807) is 0 Å². The molecule has 1 N–H and O–H groups in total. The molecule has 0 bridgehead atoms. The molecule has 0 radical (unpaired) electrons. The Labute approximate surface area is 94.7 Å². The van der Waals surface area contributed by atoms with Gasteiger partial charge >= 0.3 is 0 Å². The van der Waals surface area contributed by atoms with Crippen LogP contribution in [0.25, 0.3) is 0 Å². The van der Waals surface area contributed by atoms with Crippen LogP contribution in [0, 0.1) is 11.3 Å². The van der Waals surface area contributed by atoms with Gasteiger partial charge in [0, 0.05) is 19.1 Å². The predicted molar refractivity (Wildman–Crippen MR) is 57.6 cm³/mol. The van der Waals surface area contributed by atoms with Gasteiger partial charge in [-0.3, -0.25) is 0 Å². The molecule has 1 fully saturated rings. The first kappa shape index (κ1) is 11.1. The fourth-order valence-corrected chi connectivity index (χ4v) is 1.90. The molecule has 0 amide bonds. The number of nitriles is 1. The second-order valence-corrected chi connectivity index (χ2v) is 4.18. The average Bonchev–Trinajstić information content (AvgIpc) is 3.04. The Balaban J connectivity index is 2.08. The quantitative estimate of drug-likeness (QED) is 0.725. The molecule has 1 aromatic rings. The summed E-state index contributed by atoms with van der Waals surface area (Å²) in [5.74, 6) is 0.562. The summed E-state index contributed by atoms with van der Waals surface area (Å²) >= 11 is 0. The third kappa shape index (κ3) is 2.39. The monoisotopic (exact) mass is 220 g/mol. The summed E-state index contributed by atoms with van der Waals surface area (Å²) in [6.45, 7) is 1.02. The largest absolute Gasteiger partial charge is 0.396 e. The molecule has 0 saturated heterocycles. The van der Waals surface area contributed by atoms with Crippen molar-refractivity contribution in [2.75, 3.05) is 6.61 Å². The minimum atomic E-state index is 0.221. The van der Waals surface area contributed by atoms with Crippen molar-refractivity contribution in [3.8, 4) is 6.07 Å². The molecule has 0 atom stereocenters. The lowest BCUT2D eigenvalue weighted by atomic mass is 10.2. The predicted octanol–water partition coefficient (Wildman–Crippen LogP) is 0.994. The molecular weight excluding hydrogens is 204 g/mol. The fraction of sp³-hybridized carbons (Fsp3) is 0.727. The van der Waals surface area contributed by atoms with Crippen molar-refractivity contribution in [3.05, 3.63) is 11.4 Å². The summed E-state index contributed by atoms with van der Waals surface area (Å²) in [5.41, 5.74) is 1.99. The zero-order chi connectivity index (χ0) is 11.4. The van der Waals surface area contributed by atoms with Crippen molar-refractivity contribution in [3.63, 3.8) is 0 Å². The average molecular weight is 220 g/mol. The Hall–Kier alpha value is -1.41. The minimum Gasteiger partial charge on any atom is -0.396 e. The highest BCUT2D eigenvalue weighted by molar-refractivity contribution is 5.22. The van der Waals surface area contributed by atoms with Crippen molar-refractivity contribution in [1.82, 2.24) is 15.0 Å². The fourth-order valence-electron chi connectivity index (χ4n) is 1.90. The standard InChI is InChI=1S/C11H16N4O/c12-6-5-10-11(9-3-4-9)15(14-13-10)7-1-2-8-16/h9,16H,1-5,7-8H2. The van der Waals surface area contributed by atoms with Crippen LogP contribution in [0.4, 0.5) is 0 Å². The van der Waals surface area contributed by atoms with Crippen molar-refractivity contribution in [1.29, 1.82) is 5.26 Å². The number of nitrogens with zero attached hydrogens (tertiary/aromatic N) is 4. The van der Waals surface area contributed by atoms with Crippen LogP contribution in [-0.4, -0.2) is 26.7 Å². The van der Waals surface area contributed by atoms with Gasteiger partial charge in [0.05, 0.1) is 18.2 Å². The molecule has 5 nitrogen and oxygen atoms in total. The highest BCUT2D eigenvalue weighted by Crippen LogP contribution is 2.41. The van der Waals surface area contributed by atoms with Crippen LogP contribution >= 0.6 is 0 Å². The van der Waals surface area contributed by atoms with E-state index in [2.05, 4.69) is 16.4 Å². The second-order valence-electron chi connectivity index (χ2n) is 4.18. The van der Waals surface area contributed by atoms with E-state index in [9.17, 15) is 0 Å². The Kier molecular flexibility index (Phi) is 3.52. The summed E-state index contributed by atoms with van der Waals surface area (Å²) in [6.07, 6.45) is 4.42. The molecule has 0 unspecified atom stereocenters. The molecular formula is C11H16N4O. The number of unbranched alkanes of at least 4 members (excludes halogenated alkanes) is 1. The van der Waals surface area contributed by atoms with Crippen LogP contribution in [0.15, 0.2) is 0 Å². The Morgan fingerprint density at radius 3 is 2.88 bits per heavy atom. The maximum Gasteiger partial charge on any atom is 0.100 e. The third-order valence-electron chi connectivity index (χ3n) is 2.84. The van der Waals surface area contributed by atoms with Crippen LogP contribution in [-0.2, 0) is 13.0 Å². The highest BCUT2D eigenvalue weighted by Gasteiger charge is 2.30. The molecule has 16 heavy (non-hydrogen) atoms. The van der Waals surface area contributed by atoms with E-state index in [1.165, 1.54) is 12.8 Å². The van der Waals surface area contributed by atoms with Gasteiger partial charge in [-0.2, -0.15) is 5.26 Å². The van der Waals surface area contributed by atoms with Gasteiger partial charge in [0.1, 0.15) is 5.69 Å². The van der Waals surface area contributed by atoms with Crippen LogP contribution in [0.5, 0.6) is 0 Å². The molecule has 0 aliphatic heterocycles. The van der Waals surface area contributed by atoms with E-state index in [0.717, 1.165) is 30.8 Å². The van der Waals surface area contributed by atoms with Crippen molar-refractivity contribution in [2.24, 2.45) is 0 Å². The summed E-state index contributed by atoms with van der Waals surface area (Å²) < 4.78 is 1.92. The van der Waals surface area contributed by atoms with Crippen LogP contribution in [0.3, 0.4) is 0 Å². The number of aliphatic hydroxyl groups is 1. The highest BCUT2D eigenvalue weighted by atomic mass is 16.2. The first-order valence-corrected chi connectivity index (χ1v) is 5.77. The molecule has 1 aliphatic rings. The minimum absolute atomic E-state index is 0.221. The van der Waals surface area contributed by atoms with Crippen molar-refractivity contribution < 1.29 is 5.11 Å². The van der Waals surface area contributed by atoms with Crippen LogP contribution in [0.1, 0.15) is 43.0 Å². The number of aliphatic hydroxyl groups excluding tert-OH is 1. The summed E-state index contributed by atoms with van der Waals surface area (Å²) in [4.78, 5) is 0. The molecule has 1 aromatic heterocycles. The van der Waals surface area contributed by atoms with Crippen LogP contribution < -0.4 is 0 Å². The van der Waals surface area contributed by atoms with Crippen molar-refractivity contribution in [2.45, 2.75) is 44.6 Å². The zero-order valence-corrected chi connectivity index (χ0v) is 9.26. The molecule has 1 saturated carbocycles. The summed E-state index contributed by atoms with van der Waals surface area (Å²) in [6, 6.07) is 2.13. The Bertz CT molecular complexity index is 389. The molecule has 86 valence electrons. The lowest BCUT2D eigenvalue weighted by Gasteiger charge is -2.05. The van der Waals surface area contributed by atoms with E-state index in [0.29, 0.717) is 12.3 Å². The Morgan fingerprint density at radius 1 is 1.44 bits per heavy atom. The lowest BCUT2D eigenvalue weighted by Crippen LogP contribution is -2.06. The number of rotatable bonds is 6. The number of aromatic nitrogens is 3. The summed E-state index contributed by atoms with van der Waals surface area (Å²) in [5, 5.41) is 25.6. The van der Waals surface area contributed by atoms with E-state index in [1.807, 2.05) is 4.68 Å². The van der Waals surface area contributed by atoms with Gasteiger partial charge < -0.3 is 5.11 Å². The maximum atomic E-state index is 8.74. The van der Waals surface area contributed by atoms with Gasteiger partial charge in [-0.25, -0.2) is 4.68 Å². The molecule has 2 rings (SSSR count). The first-order chi connectivity index (χ1) is 7.86. The van der Waals surface area contributed by atoms with Crippen molar-refractivity contribution >= 4 is 0 Å². The van der Waals surface area contributed by atoms with E-state index in [4.69, 9.17) is 10.4 Å². The Morgan fingerprint density at radius 2 is 2.25 bits per heavy atom. The van der Waals surface area contributed by atoms with Gasteiger partial charge in [0.15, 0.2) is 0 Å². The number of hydrogen-bond donors (Lipinski definition) is 1. The zero-order valence-electron chi connectivity index (χ0n) is 9.26. The molecule has 1 aliphatic carbocycles. The van der Waals surface area contributed by atoms with Crippen LogP contribution in [0.2, 0.25) is 0 Å².